The Kier molecular flexibility index (Phi) is 1.84. The molecule has 0 amide bonds. The van der Waals surface area contributed by atoms with Gasteiger partial charge in [-0.3, -0.25) is 0 Å². The van der Waals surface area contributed by atoms with E-state index in [1.165, 1.54) is 24.9 Å². The van der Waals surface area contributed by atoms with Crippen molar-refractivity contribution in [3.63, 3.8) is 0 Å². The first-order valence-electron chi connectivity index (χ1n) is 3.60. The number of imidazole rings is 1. The van der Waals surface area contributed by atoms with Gasteiger partial charge >= 0.3 is 5.97 Å². The molecule has 0 aromatic carbocycles. The molecule has 66 valence electrons. The molecule has 0 aliphatic heterocycles. The summed E-state index contributed by atoms with van der Waals surface area (Å²) in [5.41, 5.74) is 0. The maximum absolute atomic E-state index is 11.2. The fourth-order valence-electron chi connectivity index (χ4n) is 0.844. The molecular formula is C8H6N2O3. The summed E-state index contributed by atoms with van der Waals surface area (Å²) in [7, 11) is 0. The average molecular weight is 178 g/mol. The molecule has 0 unspecified atom stereocenters. The van der Waals surface area contributed by atoms with Crippen LogP contribution in [0.25, 0.3) is 0 Å². The van der Waals surface area contributed by atoms with Crippen molar-refractivity contribution in [1.29, 1.82) is 0 Å². The van der Waals surface area contributed by atoms with Gasteiger partial charge in [0.1, 0.15) is 0 Å². The number of hydrogen-bond donors (Lipinski definition) is 1. The Morgan fingerprint density at radius 1 is 1.62 bits per heavy atom. The van der Waals surface area contributed by atoms with Crippen molar-refractivity contribution in [3.05, 3.63) is 36.7 Å². The standard InChI is InChI=1S/C8H6N2O3/c11-8(6-2-1-3-12-6)13-7-4-9-5-10-7/h1-5H,(H,9,10). The van der Waals surface area contributed by atoms with Crippen LogP contribution in [0.5, 0.6) is 5.88 Å². The van der Waals surface area contributed by atoms with Gasteiger partial charge in [0.25, 0.3) is 0 Å². The number of nitrogens with zero attached hydrogens (tertiary/aromatic N) is 1. The summed E-state index contributed by atoms with van der Waals surface area (Å²) in [6.07, 6.45) is 4.23. The van der Waals surface area contributed by atoms with E-state index in [2.05, 4.69) is 9.97 Å². The van der Waals surface area contributed by atoms with Crippen LogP contribution in [0.1, 0.15) is 10.6 Å². The Morgan fingerprint density at radius 2 is 2.54 bits per heavy atom. The van der Waals surface area contributed by atoms with Crippen LogP contribution in [0, 0.1) is 0 Å². The number of nitrogens with one attached hydrogen (secondary N) is 1. The van der Waals surface area contributed by atoms with Crippen LogP contribution < -0.4 is 4.74 Å². The number of H-pyrrole nitrogens is 1. The maximum atomic E-state index is 11.2. The molecule has 0 atom stereocenters. The largest absolute Gasteiger partial charge is 0.457 e. The summed E-state index contributed by atoms with van der Waals surface area (Å²) >= 11 is 0. The Balaban J connectivity index is 2.08. The second kappa shape index (κ2) is 3.14. The van der Waals surface area contributed by atoms with Crippen LogP contribution >= 0.6 is 0 Å². The van der Waals surface area contributed by atoms with Gasteiger partial charge in [0.2, 0.25) is 11.6 Å². The Hall–Kier alpha value is -2.04. The molecule has 2 heterocycles. The second-order valence-electron chi connectivity index (χ2n) is 2.28. The van der Waals surface area contributed by atoms with Crippen molar-refractivity contribution in [2.24, 2.45) is 0 Å². The van der Waals surface area contributed by atoms with Gasteiger partial charge in [0.15, 0.2) is 0 Å². The lowest BCUT2D eigenvalue weighted by atomic mass is 10.5. The fraction of sp³-hybridized carbons (Fsp3) is 0. The van der Waals surface area contributed by atoms with Crippen LogP contribution in [0.2, 0.25) is 0 Å². The number of carbonyl (C=O) groups excluding carboxylic acids is 1. The predicted octanol–water partition coefficient (Wildman–Crippen LogP) is 1.22. The first-order valence-corrected chi connectivity index (χ1v) is 3.60. The highest BCUT2D eigenvalue weighted by Gasteiger charge is 2.11. The lowest BCUT2D eigenvalue weighted by molar-refractivity contribution is 0.0695. The molecule has 0 spiro atoms. The highest BCUT2D eigenvalue weighted by atomic mass is 16.6. The lowest BCUT2D eigenvalue weighted by Crippen LogP contribution is -2.07. The van der Waals surface area contributed by atoms with Gasteiger partial charge in [0.05, 0.1) is 18.8 Å². The van der Waals surface area contributed by atoms with Gasteiger partial charge in [-0.05, 0) is 12.1 Å². The van der Waals surface area contributed by atoms with E-state index in [9.17, 15) is 4.79 Å². The average Bonchev–Trinajstić information content (AvgIpc) is 2.74. The third-order valence-electron chi connectivity index (χ3n) is 1.40. The van der Waals surface area contributed by atoms with E-state index < -0.39 is 5.97 Å². The smallest absolute Gasteiger partial charge is 0.380 e. The molecule has 13 heavy (non-hydrogen) atoms. The number of furan rings is 1. The van der Waals surface area contributed by atoms with Crippen LogP contribution in [0.4, 0.5) is 0 Å². The summed E-state index contributed by atoms with van der Waals surface area (Å²) in [6, 6.07) is 3.14. The molecule has 0 saturated carbocycles. The molecule has 5 heteroatoms. The minimum Gasteiger partial charge on any atom is -0.457 e. The lowest BCUT2D eigenvalue weighted by Gasteiger charge is -1.96. The zero-order valence-corrected chi connectivity index (χ0v) is 6.56. The molecular weight excluding hydrogens is 172 g/mol. The molecule has 0 aliphatic carbocycles. The van der Waals surface area contributed by atoms with E-state index in [1.807, 2.05) is 0 Å². The molecule has 0 saturated heterocycles. The number of carbonyl (C=O) groups is 1. The van der Waals surface area contributed by atoms with E-state index in [0.717, 1.165) is 0 Å². The van der Waals surface area contributed by atoms with Crippen LogP contribution in [-0.4, -0.2) is 15.9 Å². The third kappa shape index (κ3) is 1.58. The van der Waals surface area contributed by atoms with Crippen LogP contribution in [-0.2, 0) is 0 Å². The van der Waals surface area contributed by atoms with E-state index in [0.29, 0.717) is 5.88 Å². The van der Waals surface area contributed by atoms with Crippen molar-refractivity contribution in [1.82, 2.24) is 9.97 Å². The van der Waals surface area contributed by atoms with Gasteiger partial charge in [-0.15, -0.1) is 0 Å². The summed E-state index contributed by atoms with van der Waals surface area (Å²) in [6.45, 7) is 0. The highest BCUT2D eigenvalue weighted by Crippen LogP contribution is 2.07. The Bertz CT molecular complexity index is 377. The molecule has 2 aromatic rings. The van der Waals surface area contributed by atoms with Crippen molar-refractivity contribution in [3.8, 4) is 5.88 Å². The molecule has 0 bridgehead atoms. The van der Waals surface area contributed by atoms with E-state index in [-0.39, 0.29) is 5.76 Å². The number of hydrogen-bond acceptors (Lipinski definition) is 4. The summed E-state index contributed by atoms with van der Waals surface area (Å²) in [5.74, 6) is -0.0924. The Morgan fingerprint density at radius 3 is 3.15 bits per heavy atom. The van der Waals surface area contributed by atoms with E-state index in [1.54, 1.807) is 6.07 Å². The quantitative estimate of drug-likeness (QED) is 0.702. The highest BCUT2D eigenvalue weighted by molar-refractivity contribution is 5.87. The van der Waals surface area contributed by atoms with Gasteiger partial charge in [-0.1, -0.05) is 0 Å². The number of ether oxygens (including phenoxy) is 1. The van der Waals surface area contributed by atoms with Gasteiger partial charge in [-0.25, -0.2) is 9.78 Å². The monoisotopic (exact) mass is 178 g/mol. The van der Waals surface area contributed by atoms with Crippen molar-refractivity contribution in [2.45, 2.75) is 0 Å². The number of esters is 1. The number of aromatic amines is 1. The van der Waals surface area contributed by atoms with Crippen molar-refractivity contribution >= 4 is 5.97 Å². The first kappa shape index (κ1) is 7.60. The summed E-state index contributed by atoms with van der Waals surface area (Å²) in [5, 5.41) is 0. The van der Waals surface area contributed by atoms with Crippen molar-refractivity contribution in [2.75, 3.05) is 0 Å². The van der Waals surface area contributed by atoms with Gasteiger partial charge < -0.3 is 14.1 Å². The van der Waals surface area contributed by atoms with E-state index in [4.69, 9.17) is 9.15 Å². The number of rotatable bonds is 2. The van der Waals surface area contributed by atoms with E-state index >= 15 is 0 Å². The summed E-state index contributed by atoms with van der Waals surface area (Å²) in [4.78, 5) is 17.5. The minimum absolute atomic E-state index is 0.162. The molecule has 2 rings (SSSR count). The Labute approximate surface area is 73.4 Å². The SMILES string of the molecule is O=C(Oc1cnc[nH]1)c1ccco1. The zero-order valence-electron chi connectivity index (χ0n) is 6.56. The zero-order chi connectivity index (χ0) is 9.10. The minimum atomic E-state index is -0.547. The van der Waals surface area contributed by atoms with Crippen LogP contribution in [0.15, 0.2) is 35.3 Å². The van der Waals surface area contributed by atoms with Crippen molar-refractivity contribution < 1.29 is 13.9 Å². The topological polar surface area (TPSA) is 68.1 Å². The maximum Gasteiger partial charge on any atom is 0.380 e. The molecule has 0 aliphatic rings. The molecule has 0 fully saturated rings. The fourth-order valence-corrected chi connectivity index (χ4v) is 0.844. The number of aromatic nitrogens is 2. The van der Waals surface area contributed by atoms with Gasteiger partial charge in [0, 0.05) is 0 Å². The molecule has 0 radical (unpaired) electrons. The third-order valence-corrected chi connectivity index (χ3v) is 1.40. The molecule has 5 nitrogen and oxygen atoms in total. The predicted molar refractivity (Wildman–Crippen MR) is 42.3 cm³/mol. The normalized spacial score (nSPS) is 9.85. The second-order valence-corrected chi connectivity index (χ2v) is 2.28. The van der Waals surface area contributed by atoms with Gasteiger partial charge in [-0.2, -0.15) is 0 Å². The molecule has 1 N–H and O–H groups in total. The first-order chi connectivity index (χ1) is 6.36. The summed E-state index contributed by atoms with van der Waals surface area (Å²) < 4.78 is 9.68. The molecule has 2 aromatic heterocycles. The van der Waals surface area contributed by atoms with Crippen LogP contribution in [0.3, 0.4) is 0 Å².